The number of nitro groups is 1. The Bertz CT molecular complexity index is 922. The number of benzene rings is 2. The van der Waals surface area contributed by atoms with Crippen LogP contribution < -0.4 is 10.2 Å². The molecule has 0 bridgehead atoms. The van der Waals surface area contributed by atoms with E-state index < -0.39 is 4.92 Å². The summed E-state index contributed by atoms with van der Waals surface area (Å²) in [5.41, 5.74) is 5.55. The summed E-state index contributed by atoms with van der Waals surface area (Å²) in [6.07, 6.45) is 1.67. The number of aryl methyl sites for hydroxylation is 1. The summed E-state index contributed by atoms with van der Waals surface area (Å²) in [5, 5.41) is 17.5. The van der Waals surface area contributed by atoms with Gasteiger partial charge in [0, 0.05) is 23.1 Å². The Balaban J connectivity index is 1.64. The van der Waals surface area contributed by atoms with E-state index in [9.17, 15) is 10.1 Å². The zero-order valence-corrected chi connectivity index (χ0v) is 14.8. The predicted molar refractivity (Wildman–Crippen MR) is 102 cm³/mol. The highest BCUT2D eigenvalue weighted by Crippen LogP contribution is 2.19. The molecule has 8 heteroatoms. The van der Waals surface area contributed by atoms with E-state index in [1.165, 1.54) is 23.5 Å². The number of rotatable bonds is 7. The highest BCUT2D eigenvalue weighted by atomic mass is 32.1. The van der Waals surface area contributed by atoms with Crippen molar-refractivity contribution in [2.24, 2.45) is 5.10 Å². The lowest BCUT2D eigenvalue weighted by atomic mass is 10.2. The molecule has 0 fully saturated rings. The summed E-state index contributed by atoms with van der Waals surface area (Å²) >= 11 is 1.48. The lowest BCUT2D eigenvalue weighted by Crippen LogP contribution is -1.99. The van der Waals surface area contributed by atoms with Crippen LogP contribution in [0.3, 0.4) is 0 Å². The molecule has 26 heavy (non-hydrogen) atoms. The molecule has 0 aliphatic heterocycles. The van der Waals surface area contributed by atoms with E-state index >= 15 is 0 Å². The Morgan fingerprint density at radius 1 is 1.27 bits per heavy atom. The Morgan fingerprint density at radius 3 is 2.73 bits per heavy atom. The Kier molecular flexibility index (Phi) is 5.55. The van der Waals surface area contributed by atoms with E-state index in [1.54, 1.807) is 18.3 Å². The minimum Gasteiger partial charge on any atom is -0.488 e. The number of hydrogen-bond acceptors (Lipinski definition) is 7. The van der Waals surface area contributed by atoms with Crippen molar-refractivity contribution in [1.29, 1.82) is 0 Å². The van der Waals surface area contributed by atoms with E-state index in [0.717, 1.165) is 22.0 Å². The van der Waals surface area contributed by atoms with Crippen molar-refractivity contribution >= 4 is 28.4 Å². The number of ether oxygens (including phenoxy) is 1. The van der Waals surface area contributed by atoms with Crippen LogP contribution in [0.25, 0.3) is 0 Å². The number of thiazole rings is 1. The summed E-state index contributed by atoms with van der Waals surface area (Å²) in [5.74, 6) is 0.673. The number of aromatic nitrogens is 1. The minimum absolute atomic E-state index is 0.0600. The average molecular weight is 368 g/mol. The number of non-ortho nitro benzene ring substituents is 1. The maximum atomic E-state index is 10.7. The fourth-order valence-corrected chi connectivity index (χ4v) is 2.79. The first-order valence-corrected chi connectivity index (χ1v) is 8.66. The first kappa shape index (κ1) is 17.6. The van der Waals surface area contributed by atoms with E-state index in [4.69, 9.17) is 4.74 Å². The molecule has 7 nitrogen and oxygen atoms in total. The number of para-hydroxylation sites is 1. The van der Waals surface area contributed by atoms with Crippen LogP contribution in [0.2, 0.25) is 0 Å². The molecule has 1 N–H and O–H groups in total. The molecule has 0 atom stereocenters. The Hall–Kier alpha value is -3.26. The summed E-state index contributed by atoms with van der Waals surface area (Å²) in [6, 6.07) is 13.8. The average Bonchev–Trinajstić information content (AvgIpc) is 3.06. The monoisotopic (exact) mass is 368 g/mol. The predicted octanol–water partition coefficient (Wildman–Crippen LogP) is 4.38. The molecule has 0 radical (unpaired) electrons. The van der Waals surface area contributed by atoms with Gasteiger partial charge < -0.3 is 4.74 Å². The molecule has 132 valence electrons. The molecule has 2 aromatic carbocycles. The second kappa shape index (κ2) is 8.21. The Labute approximate surface area is 154 Å². The Morgan fingerprint density at radius 2 is 2.04 bits per heavy atom. The van der Waals surface area contributed by atoms with E-state index in [0.29, 0.717) is 12.4 Å². The van der Waals surface area contributed by atoms with Gasteiger partial charge in [0.05, 0.1) is 16.8 Å². The molecule has 1 heterocycles. The first-order chi connectivity index (χ1) is 12.6. The van der Waals surface area contributed by atoms with Gasteiger partial charge in [0.15, 0.2) is 0 Å². The number of anilines is 1. The van der Waals surface area contributed by atoms with Gasteiger partial charge in [0.2, 0.25) is 5.13 Å². The van der Waals surface area contributed by atoms with Gasteiger partial charge in [-0.3, -0.25) is 15.5 Å². The normalized spacial score (nSPS) is 10.8. The molecule has 3 aromatic rings. The minimum atomic E-state index is -0.423. The van der Waals surface area contributed by atoms with Crippen LogP contribution in [0.1, 0.15) is 16.8 Å². The van der Waals surface area contributed by atoms with Gasteiger partial charge in [-0.1, -0.05) is 12.1 Å². The standard InChI is InChI=1S/C18H16N4O3S/c1-13-12-26-18(20-13)21-19-10-15-4-2-3-5-17(15)25-11-14-6-8-16(9-7-14)22(23)24/h2-10,12H,11H2,1H3,(H,20,21). The van der Waals surface area contributed by atoms with Gasteiger partial charge in [0.1, 0.15) is 12.4 Å². The van der Waals surface area contributed by atoms with Gasteiger partial charge in [-0.05, 0) is 36.8 Å². The van der Waals surface area contributed by atoms with Crippen LogP contribution in [0.5, 0.6) is 5.75 Å². The van der Waals surface area contributed by atoms with Crippen molar-refractivity contribution in [3.05, 3.63) is 80.8 Å². The maximum Gasteiger partial charge on any atom is 0.269 e. The van der Waals surface area contributed by atoms with Crippen molar-refractivity contribution < 1.29 is 9.66 Å². The number of hydrogen-bond donors (Lipinski definition) is 1. The van der Waals surface area contributed by atoms with Crippen LogP contribution in [0.4, 0.5) is 10.8 Å². The first-order valence-electron chi connectivity index (χ1n) is 7.78. The zero-order chi connectivity index (χ0) is 18.4. The second-order valence-electron chi connectivity index (χ2n) is 5.41. The van der Waals surface area contributed by atoms with Crippen molar-refractivity contribution in [3.8, 4) is 5.75 Å². The van der Waals surface area contributed by atoms with Gasteiger partial charge in [0.25, 0.3) is 5.69 Å². The molecule has 1 aromatic heterocycles. The fourth-order valence-electron chi connectivity index (χ4n) is 2.16. The molecule has 0 amide bonds. The van der Waals surface area contributed by atoms with E-state index in [-0.39, 0.29) is 5.69 Å². The van der Waals surface area contributed by atoms with E-state index in [1.807, 2.05) is 36.6 Å². The number of nitro benzene ring substituents is 1. The molecular weight excluding hydrogens is 352 g/mol. The third kappa shape index (κ3) is 4.64. The van der Waals surface area contributed by atoms with Crippen LogP contribution in [0, 0.1) is 17.0 Å². The molecule has 0 spiro atoms. The smallest absolute Gasteiger partial charge is 0.269 e. The van der Waals surface area contributed by atoms with Gasteiger partial charge in [-0.25, -0.2) is 4.98 Å². The number of nitrogens with one attached hydrogen (secondary N) is 1. The second-order valence-corrected chi connectivity index (χ2v) is 6.27. The molecular formula is C18H16N4O3S. The quantitative estimate of drug-likeness (QED) is 0.380. The van der Waals surface area contributed by atoms with Crippen molar-refractivity contribution in [1.82, 2.24) is 4.98 Å². The third-order valence-corrected chi connectivity index (χ3v) is 4.31. The topological polar surface area (TPSA) is 89.7 Å². The van der Waals surface area contributed by atoms with Crippen molar-refractivity contribution in [3.63, 3.8) is 0 Å². The fraction of sp³-hybridized carbons (Fsp3) is 0.111. The molecule has 0 aliphatic rings. The van der Waals surface area contributed by atoms with Crippen LogP contribution in [-0.4, -0.2) is 16.1 Å². The van der Waals surface area contributed by atoms with E-state index in [2.05, 4.69) is 15.5 Å². The van der Waals surface area contributed by atoms with Gasteiger partial charge >= 0.3 is 0 Å². The molecule has 0 unspecified atom stereocenters. The van der Waals surface area contributed by atoms with Crippen LogP contribution >= 0.6 is 11.3 Å². The van der Waals surface area contributed by atoms with Crippen molar-refractivity contribution in [2.75, 3.05) is 5.43 Å². The van der Waals surface area contributed by atoms with Gasteiger partial charge in [-0.2, -0.15) is 5.10 Å². The van der Waals surface area contributed by atoms with Crippen molar-refractivity contribution in [2.45, 2.75) is 13.5 Å². The summed E-state index contributed by atoms with van der Waals surface area (Å²) in [7, 11) is 0. The molecule has 3 rings (SSSR count). The summed E-state index contributed by atoms with van der Waals surface area (Å²) < 4.78 is 5.83. The summed E-state index contributed by atoms with van der Waals surface area (Å²) in [4.78, 5) is 14.5. The van der Waals surface area contributed by atoms with Gasteiger partial charge in [-0.15, -0.1) is 11.3 Å². The SMILES string of the molecule is Cc1csc(NN=Cc2ccccc2OCc2ccc([N+](=O)[O-])cc2)n1. The molecule has 0 aliphatic carbocycles. The van der Waals surface area contributed by atoms with Crippen LogP contribution in [0.15, 0.2) is 59.0 Å². The van der Waals surface area contributed by atoms with Crippen LogP contribution in [-0.2, 0) is 6.61 Å². The summed E-state index contributed by atoms with van der Waals surface area (Å²) in [6.45, 7) is 2.23. The molecule has 0 saturated carbocycles. The third-order valence-electron chi connectivity index (χ3n) is 3.44. The number of hydrazone groups is 1. The lowest BCUT2D eigenvalue weighted by Gasteiger charge is -2.09. The largest absolute Gasteiger partial charge is 0.488 e. The highest BCUT2D eigenvalue weighted by molar-refractivity contribution is 7.13. The lowest BCUT2D eigenvalue weighted by molar-refractivity contribution is -0.384. The number of nitrogens with zero attached hydrogens (tertiary/aromatic N) is 3. The highest BCUT2D eigenvalue weighted by Gasteiger charge is 2.05. The maximum absolute atomic E-state index is 10.7. The zero-order valence-electron chi connectivity index (χ0n) is 14.0. The molecule has 0 saturated heterocycles.